The maximum Gasteiger partial charge on any atom is 0.446 e. The number of halogens is 3. The van der Waals surface area contributed by atoms with Crippen LogP contribution in [0.2, 0.25) is 0 Å². The van der Waals surface area contributed by atoms with Gasteiger partial charge in [0.1, 0.15) is 0 Å². The number of benzene rings is 2. The molecule has 0 bridgehead atoms. The molecule has 34 heavy (non-hydrogen) atoms. The summed E-state index contributed by atoms with van der Waals surface area (Å²) in [5.41, 5.74) is 0.651. The molecule has 0 atom stereocenters. The molecule has 1 heterocycles. The predicted molar refractivity (Wildman–Crippen MR) is 121 cm³/mol. The largest absolute Gasteiger partial charge is 0.446 e. The number of aryl methyl sites for hydroxylation is 1. The Hall–Kier alpha value is -2.83. The second-order valence-electron chi connectivity index (χ2n) is 7.98. The highest BCUT2D eigenvalue weighted by atomic mass is 32.3. The van der Waals surface area contributed by atoms with E-state index in [9.17, 15) is 26.4 Å². The molecular formula is C22H26F3N3O5S. The number of carbonyl (C=O) groups excluding carboxylic acids is 1. The topological polar surface area (TPSA) is 90.4 Å². The smallest absolute Gasteiger partial charge is 0.369 e. The molecular weight excluding hydrogens is 475 g/mol. The van der Waals surface area contributed by atoms with Crippen molar-refractivity contribution in [1.82, 2.24) is 4.90 Å². The Bertz CT molecular complexity index is 1130. The summed E-state index contributed by atoms with van der Waals surface area (Å²) in [6.45, 7) is 5.90. The zero-order valence-electron chi connectivity index (χ0n) is 18.7. The highest BCUT2D eigenvalue weighted by molar-refractivity contribution is 7.81. The van der Waals surface area contributed by atoms with Crippen molar-refractivity contribution >= 4 is 27.7 Å². The van der Waals surface area contributed by atoms with Crippen molar-refractivity contribution in [3.05, 3.63) is 53.6 Å². The number of carbonyl (C=O) groups is 1. The molecule has 0 aromatic heterocycles. The molecule has 1 N–H and O–H groups in total. The average molecular weight is 502 g/mol. The molecule has 1 saturated heterocycles. The standard InChI is InChI=1S/C22H26F3N3O5S/c1-16-5-3-8-20(33-34(30,31)32)21(16)28(17(2)29)14-11-26-9-12-27(13-10-26)19-7-4-6-18(15-19)22(23,24)25/h3-8,15H,9-14H2,1-2H3,(H,30,31,32). The SMILES string of the molecule is CC(=O)N(CCN1CCN(c2cccc(C(F)(F)F)c2)CC1)c1c(C)cccc1OS(=O)(=O)O. The minimum Gasteiger partial charge on any atom is -0.369 e. The van der Waals surface area contributed by atoms with Crippen molar-refractivity contribution in [1.29, 1.82) is 0 Å². The first-order valence-electron chi connectivity index (χ1n) is 10.5. The van der Waals surface area contributed by atoms with Crippen LogP contribution < -0.4 is 14.0 Å². The van der Waals surface area contributed by atoms with Crippen LogP contribution in [0.4, 0.5) is 24.5 Å². The van der Waals surface area contributed by atoms with Gasteiger partial charge in [0, 0.05) is 51.9 Å². The van der Waals surface area contributed by atoms with Gasteiger partial charge >= 0.3 is 16.6 Å². The Labute approximate surface area is 196 Å². The molecule has 8 nitrogen and oxygen atoms in total. The van der Waals surface area contributed by atoms with E-state index in [1.807, 2.05) is 4.90 Å². The Morgan fingerprint density at radius 3 is 2.35 bits per heavy atom. The lowest BCUT2D eigenvalue weighted by Gasteiger charge is -2.37. The number of alkyl halides is 3. The number of rotatable bonds is 7. The molecule has 1 aliphatic rings. The molecule has 0 aliphatic carbocycles. The van der Waals surface area contributed by atoms with Crippen LogP contribution >= 0.6 is 0 Å². The van der Waals surface area contributed by atoms with E-state index in [1.54, 1.807) is 25.1 Å². The van der Waals surface area contributed by atoms with Crippen LogP contribution in [-0.2, 0) is 21.4 Å². The summed E-state index contributed by atoms with van der Waals surface area (Å²) < 4.78 is 75.3. The zero-order valence-corrected chi connectivity index (χ0v) is 19.6. The number of para-hydroxylation sites is 1. The lowest BCUT2D eigenvalue weighted by molar-refractivity contribution is -0.137. The highest BCUT2D eigenvalue weighted by Crippen LogP contribution is 2.34. The third-order valence-electron chi connectivity index (χ3n) is 5.60. The van der Waals surface area contributed by atoms with Crippen LogP contribution in [0.3, 0.4) is 0 Å². The minimum atomic E-state index is -4.78. The average Bonchev–Trinajstić information content (AvgIpc) is 2.74. The van der Waals surface area contributed by atoms with Gasteiger partial charge in [-0.2, -0.15) is 21.6 Å². The van der Waals surface area contributed by atoms with Crippen LogP contribution in [0.25, 0.3) is 0 Å². The molecule has 2 aromatic carbocycles. The van der Waals surface area contributed by atoms with Crippen molar-refractivity contribution < 1.29 is 35.1 Å². The van der Waals surface area contributed by atoms with Crippen LogP contribution in [0.5, 0.6) is 5.75 Å². The summed E-state index contributed by atoms with van der Waals surface area (Å²) >= 11 is 0. The van der Waals surface area contributed by atoms with Crippen molar-refractivity contribution in [2.24, 2.45) is 0 Å². The molecule has 1 aliphatic heterocycles. The Balaban J connectivity index is 1.66. The number of piperazine rings is 1. The molecule has 0 radical (unpaired) electrons. The summed E-state index contributed by atoms with van der Waals surface area (Å²) in [4.78, 5) is 17.7. The molecule has 1 fully saturated rings. The Morgan fingerprint density at radius 1 is 1.12 bits per heavy atom. The summed E-state index contributed by atoms with van der Waals surface area (Å²) in [5.74, 6) is -0.496. The zero-order chi connectivity index (χ0) is 25.1. The van der Waals surface area contributed by atoms with E-state index in [2.05, 4.69) is 9.08 Å². The minimum absolute atomic E-state index is 0.160. The number of hydrogen-bond acceptors (Lipinski definition) is 6. The first kappa shape index (κ1) is 25.8. The van der Waals surface area contributed by atoms with E-state index in [4.69, 9.17) is 4.55 Å². The molecule has 1 amide bonds. The van der Waals surface area contributed by atoms with Gasteiger partial charge in [-0.1, -0.05) is 18.2 Å². The van der Waals surface area contributed by atoms with Crippen LogP contribution in [0.15, 0.2) is 42.5 Å². The van der Waals surface area contributed by atoms with Gasteiger partial charge in [-0.25, -0.2) is 0 Å². The monoisotopic (exact) mass is 501 g/mol. The summed E-state index contributed by atoms with van der Waals surface area (Å²) in [5, 5.41) is 0. The summed E-state index contributed by atoms with van der Waals surface area (Å²) in [6.07, 6.45) is -4.40. The molecule has 0 saturated carbocycles. The quantitative estimate of drug-likeness (QED) is 0.582. The molecule has 0 spiro atoms. The first-order valence-corrected chi connectivity index (χ1v) is 11.9. The van der Waals surface area contributed by atoms with Crippen molar-refractivity contribution in [2.75, 3.05) is 49.1 Å². The number of hydrogen-bond donors (Lipinski definition) is 1. The van der Waals surface area contributed by atoms with E-state index >= 15 is 0 Å². The van der Waals surface area contributed by atoms with Gasteiger partial charge in [0.05, 0.1) is 11.3 Å². The second-order valence-corrected chi connectivity index (χ2v) is 9.00. The molecule has 3 rings (SSSR count). The Morgan fingerprint density at radius 2 is 1.76 bits per heavy atom. The van der Waals surface area contributed by atoms with Crippen molar-refractivity contribution in [3.63, 3.8) is 0 Å². The van der Waals surface area contributed by atoms with Gasteiger partial charge in [-0.3, -0.25) is 14.2 Å². The van der Waals surface area contributed by atoms with Crippen LogP contribution in [0, 0.1) is 6.92 Å². The fourth-order valence-corrected chi connectivity index (χ4v) is 4.30. The molecule has 0 unspecified atom stereocenters. The van der Waals surface area contributed by atoms with E-state index in [0.717, 1.165) is 12.1 Å². The maximum atomic E-state index is 13.0. The van der Waals surface area contributed by atoms with Gasteiger partial charge in [0.15, 0.2) is 5.75 Å². The van der Waals surface area contributed by atoms with Gasteiger partial charge in [0.2, 0.25) is 5.91 Å². The van der Waals surface area contributed by atoms with Gasteiger partial charge < -0.3 is 14.0 Å². The first-order chi connectivity index (χ1) is 15.8. The van der Waals surface area contributed by atoms with E-state index in [0.29, 0.717) is 44.0 Å². The Kier molecular flexibility index (Phi) is 7.74. The molecule has 186 valence electrons. The van der Waals surface area contributed by atoms with Gasteiger partial charge in [-0.05, 0) is 36.8 Å². The maximum absolute atomic E-state index is 13.0. The van der Waals surface area contributed by atoms with E-state index in [-0.39, 0.29) is 23.9 Å². The third-order valence-corrected chi connectivity index (χ3v) is 5.99. The predicted octanol–water partition coefficient (Wildman–Crippen LogP) is 3.37. The van der Waals surface area contributed by atoms with E-state index in [1.165, 1.54) is 24.0 Å². The van der Waals surface area contributed by atoms with Crippen molar-refractivity contribution in [3.8, 4) is 5.75 Å². The van der Waals surface area contributed by atoms with Crippen molar-refractivity contribution in [2.45, 2.75) is 20.0 Å². The lowest BCUT2D eigenvalue weighted by atomic mass is 10.1. The number of amides is 1. The summed E-state index contributed by atoms with van der Waals surface area (Å²) in [7, 11) is -4.78. The second kappa shape index (κ2) is 10.2. The fourth-order valence-electron chi connectivity index (χ4n) is 3.94. The normalized spacial score (nSPS) is 15.3. The van der Waals surface area contributed by atoms with Crippen LogP contribution in [0.1, 0.15) is 18.1 Å². The van der Waals surface area contributed by atoms with E-state index < -0.39 is 22.1 Å². The third kappa shape index (κ3) is 6.61. The van der Waals surface area contributed by atoms with Crippen LogP contribution in [-0.4, -0.2) is 63.0 Å². The highest BCUT2D eigenvalue weighted by Gasteiger charge is 2.31. The van der Waals surface area contributed by atoms with Gasteiger partial charge in [0.25, 0.3) is 0 Å². The summed E-state index contributed by atoms with van der Waals surface area (Å²) in [6, 6.07) is 9.81. The van der Waals surface area contributed by atoms with Gasteiger partial charge in [-0.15, -0.1) is 0 Å². The fraction of sp³-hybridized carbons (Fsp3) is 0.409. The number of anilines is 2. The molecule has 12 heteroatoms. The lowest BCUT2D eigenvalue weighted by Crippen LogP contribution is -2.49. The molecule has 2 aromatic rings. The number of nitrogens with zero attached hydrogens (tertiary/aromatic N) is 3.